The molecule has 2 heterocycles. The molecule has 3 rings (SSSR count). The Balaban J connectivity index is 1.94. The van der Waals surface area contributed by atoms with Gasteiger partial charge in [0.05, 0.1) is 34.3 Å². The van der Waals surface area contributed by atoms with Crippen molar-refractivity contribution in [3.05, 3.63) is 43.9 Å². The van der Waals surface area contributed by atoms with Crippen molar-refractivity contribution in [3.63, 3.8) is 0 Å². The number of hydrogen-bond acceptors (Lipinski definition) is 4. The van der Waals surface area contributed by atoms with Crippen LogP contribution in [-0.2, 0) is 29.5 Å². The second-order valence-corrected chi connectivity index (χ2v) is 6.98. The summed E-state index contributed by atoms with van der Waals surface area (Å²) < 4.78 is 27.3. The number of nitrogens with zero attached hydrogens (tertiary/aromatic N) is 1. The Labute approximate surface area is 153 Å². The average molecular weight is 414 g/mol. The number of halogens is 2. The number of aliphatic hydroxyl groups excluding tert-OH is 1. The zero-order valence-corrected chi connectivity index (χ0v) is 15.6. The quantitative estimate of drug-likeness (QED) is 0.818. The zero-order valence-electron chi connectivity index (χ0n) is 14.1. The molecule has 5 nitrogen and oxygen atoms in total. The summed E-state index contributed by atoms with van der Waals surface area (Å²) in [5, 5.41) is 9.86. The van der Waals surface area contributed by atoms with Gasteiger partial charge in [-0.25, -0.2) is 4.39 Å². The molecule has 0 aliphatic carbocycles. The smallest absolute Gasteiger partial charge is 0.204 e. The number of aliphatic hydroxyl groups is 1. The van der Waals surface area contributed by atoms with Crippen LogP contribution in [0, 0.1) is 5.82 Å². The summed E-state index contributed by atoms with van der Waals surface area (Å²) in [5.41, 5.74) is 1.43. The van der Waals surface area contributed by atoms with Crippen LogP contribution >= 0.6 is 15.9 Å². The van der Waals surface area contributed by atoms with Gasteiger partial charge in [-0.05, 0) is 59.3 Å². The molecule has 1 aliphatic heterocycles. The number of aromatic nitrogens is 1. The second kappa shape index (κ2) is 7.95. The molecular formula is C18H21BrFNO4. The minimum absolute atomic E-state index is 0.209. The van der Waals surface area contributed by atoms with Crippen LogP contribution in [0.5, 0.6) is 0 Å². The van der Waals surface area contributed by atoms with Crippen LogP contribution < -0.4 is 5.43 Å². The minimum atomic E-state index is -0.461. The highest BCUT2D eigenvalue weighted by Gasteiger charge is 2.18. The first-order chi connectivity index (χ1) is 12.0. The zero-order chi connectivity index (χ0) is 18.0. The lowest BCUT2D eigenvalue weighted by Gasteiger charge is -2.23. The number of benzene rings is 1. The molecule has 136 valence electrons. The molecule has 7 heteroatoms. The van der Waals surface area contributed by atoms with Gasteiger partial charge in [-0.1, -0.05) is 0 Å². The van der Waals surface area contributed by atoms with Gasteiger partial charge in [-0.3, -0.25) is 4.79 Å². The van der Waals surface area contributed by atoms with Gasteiger partial charge in [0.2, 0.25) is 5.43 Å². The highest BCUT2D eigenvalue weighted by Crippen LogP contribution is 2.24. The molecular weight excluding hydrogens is 393 g/mol. The maximum atomic E-state index is 14.0. The molecule has 1 fully saturated rings. The summed E-state index contributed by atoms with van der Waals surface area (Å²) in [5.74, 6) is -0.461. The molecule has 25 heavy (non-hydrogen) atoms. The molecule has 1 aliphatic rings. The summed E-state index contributed by atoms with van der Waals surface area (Å²) in [6, 6.07) is 2.65. The molecule has 0 bridgehead atoms. The van der Waals surface area contributed by atoms with Gasteiger partial charge in [0.25, 0.3) is 0 Å². The monoisotopic (exact) mass is 413 g/mol. The highest BCUT2D eigenvalue weighted by atomic mass is 79.9. The topological polar surface area (TPSA) is 60.7 Å². The SMILES string of the molecule is Cn1c(CO)c(Br)c(=O)c2cc(F)cc(CCOC3CCCCO3)c21. The van der Waals surface area contributed by atoms with Gasteiger partial charge in [0.1, 0.15) is 5.82 Å². The summed E-state index contributed by atoms with van der Waals surface area (Å²) >= 11 is 3.21. The van der Waals surface area contributed by atoms with E-state index in [0.29, 0.717) is 36.4 Å². The van der Waals surface area contributed by atoms with Crippen molar-refractivity contribution in [2.75, 3.05) is 13.2 Å². The predicted octanol–water partition coefficient (Wildman–Crippen LogP) is 3.02. The minimum Gasteiger partial charge on any atom is -0.390 e. The molecule has 1 atom stereocenters. The molecule has 0 spiro atoms. The number of pyridine rings is 1. The van der Waals surface area contributed by atoms with Crippen molar-refractivity contribution in [2.45, 2.75) is 38.6 Å². The van der Waals surface area contributed by atoms with Crippen LogP contribution in [0.4, 0.5) is 4.39 Å². The second-order valence-electron chi connectivity index (χ2n) is 6.18. The largest absolute Gasteiger partial charge is 0.390 e. The molecule has 0 radical (unpaired) electrons. The molecule has 1 N–H and O–H groups in total. The maximum Gasteiger partial charge on any atom is 0.204 e. The van der Waals surface area contributed by atoms with E-state index in [2.05, 4.69) is 15.9 Å². The number of aryl methyl sites for hydroxylation is 1. The van der Waals surface area contributed by atoms with Crippen molar-refractivity contribution in [1.29, 1.82) is 0 Å². The van der Waals surface area contributed by atoms with Crippen molar-refractivity contribution in [3.8, 4) is 0 Å². The Kier molecular flexibility index (Phi) is 5.89. The Morgan fingerprint density at radius 3 is 2.92 bits per heavy atom. The first-order valence-corrected chi connectivity index (χ1v) is 9.15. The third kappa shape index (κ3) is 3.79. The number of ether oxygens (including phenoxy) is 2. The van der Waals surface area contributed by atoms with E-state index in [-0.39, 0.29) is 28.2 Å². The van der Waals surface area contributed by atoms with Crippen LogP contribution in [0.2, 0.25) is 0 Å². The Morgan fingerprint density at radius 2 is 2.24 bits per heavy atom. The van der Waals surface area contributed by atoms with Crippen LogP contribution in [0.3, 0.4) is 0 Å². The predicted molar refractivity (Wildman–Crippen MR) is 96.0 cm³/mol. The van der Waals surface area contributed by atoms with Crippen LogP contribution in [0.1, 0.15) is 30.5 Å². The molecule has 1 aromatic heterocycles. The Hall–Kier alpha value is -1.28. The summed E-state index contributed by atoms with van der Waals surface area (Å²) in [6.45, 7) is 0.795. The molecule has 1 unspecified atom stereocenters. The van der Waals surface area contributed by atoms with E-state index in [1.165, 1.54) is 12.1 Å². The normalized spacial score (nSPS) is 18.0. The van der Waals surface area contributed by atoms with E-state index in [9.17, 15) is 14.3 Å². The fourth-order valence-electron chi connectivity index (χ4n) is 3.27. The molecule has 0 saturated carbocycles. The van der Waals surface area contributed by atoms with Gasteiger partial charge in [-0.15, -0.1) is 0 Å². The third-order valence-corrected chi connectivity index (χ3v) is 5.37. The van der Waals surface area contributed by atoms with E-state index in [1.807, 2.05) is 0 Å². The van der Waals surface area contributed by atoms with Crippen molar-refractivity contribution < 1.29 is 19.0 Å². The lowest BCUT2D eigenvalue weighted by atomic mass is 10.1. The van der Waals surface area contributed by atoms with Crippen molar-refractivity contribution >= 4 is 26.8 Å². The molecule has 2 aromatic rings. The van der Waals surface area contributed by atoms with Gasteiger partial charge in [0, 0.05) is 13.7 Å². The molecule has 0 amide bonds. The van der Waals surface area contributed by atoms with Crippen LogP contribution in [0.15, 0.2) is 21.4 Å². The molecule has 1 aromatic carbocycles. The van der Waals surface area contributed by atoms with E-state index >= 15 is 0 Å². The van der Waals surface area contributed by atoms with Crippen LogP contribution in [0.25, 0.3) is 10.9 Å². The summed E-state index contributed by atoms with van der Waals surface area (Å²) in [7, 11) is 1.75. The fraction of sp³-hybridized carbons (Fsp3) is 0.500. The highest BCUT2D eigenvalue weighted by molar-refractivity contribution is 9.10. The van der Waals surface area contributed by atoms with E-state index in [0.717, 1.165) is 19.3 Å². The van der Waals surface area contributed by atoms with Crippen molar-refractivity contribution in [1.82, 2.24) is 4.57 Å². The van der Waals surface area contributed by atoms with Crippen molar-refractivity contribution in [2.24, 2.45) is 7.05 Å². The van der Waals surface area contributed by atoms with E-state index < -0.39 is 5.82 Å². The Bertz CT molecular complexity index is 830. The lowest BCUT2D eigenvalue weighted by molar-refractivity contribution is -0.161. The van der Waals surface area contributed by atoms with Gasteiger partial charge < -0.3 is 19.1 Å². The first-order valence-electron chi connectivity index (χ1n) is 8.36. The number of rotatable bonds is 5. The van der Waals surface area contributed by atoms with E-state index in [1.54, 1.807) is 11.6 Å². The lowest BCUT2D eigenvalue weighted by Crippen LogP contribution is -2.23. The van der Waals surface area contributed by atoms with Gasteiger partial charge >= 0.3 is 0 Å². The summed E-state index contributed by atoms with van der Waals surface area (Å²) in [6.07, 6.45) is 3.24. The van der Waals surface area contributed by atoms with Crippen LogP contribution in [-0.4, -0.2) is 29.2 Å². The maximum absolute atomic E-state index is 14.0. The first kappa shape index (κ1) is 18.5. The third-order valence-electron chi connectivity index (χ3n) is 4.55. The van der Waals surface area contributed by atoms with E-state index in [4.69, 9.17) is 9.47 Å². The average Bonchev–Trinajstić information content (AvgIpc) is 2.61. The summed E-state index contributed by atoms with van der Waals surface area (Å²) in [4.78, 5) is 12.5. The number of fused-ring (bicyclic) bond motifs is 1. The van der Waals surface area contributed by atoms with Gasteiger partial charge in [-0.2, -0.15) is 0 Å². The fourth-order valence-corrected chi connectivity index (χ4v) is 3.87. The molecule has 1 saturated heterocycles. The Morgan fingerprint density at radius 1 is 1.44 bits per heavy atom. The van der Waals surface area contributed by atoms with Gasteiger partial charge in [0.15, 0.2) is 6.29 Å². The standard InChI is InChI=1S/C18H21BrFNO4/c1-21-14(10-22)16(19)18(23)13-9-12(20)8-11(17(13)21)5-7-25-15-4-2-3-6-24-15/h8-9,15,22H,2-7,10H2,1H3. The number of hydrogen-bond donors (Lipinski definition) is 1.